The zero-order chi connectivity index (χ0) is 7.82. The van der Waals surface area contributed by atoms with Gasteiger partial charge in [-0.3, -0.25) is 4.79 Å². The summed E-state index contributed by atoms with van der Waals surface area (Å²) in [5.74, 6) is 0.217. The second-order valence-electron chi connectivity index (χ2n) is 1.83. The third-order valence-corrected chi connectivity index (χ3v) is 1.51. The van der Waals surface area contributed by atoms with Crippen LogP contribution in [-0.4, -0.2) is 18.2 Å². The first-order chi connectivity index (χ1) is 4.81. The van der Waals surface area contributed by atoms with Gasteiger partial charge in [0, 0.05) is 5.33 Å². The topological polar surface area (TPSA) is 26.3 Å². The molecule has 0 spiro atoms. The molecule has 0 atom stereocenters. The molecule has 0 radical (unpaired) electrons. The molecule has 0 aliphatic rings. The molecule has 0 aliphatic carbocycles. The van der Waals surface area contributed by atoms with Gasteiger partial charge in [-0.25, -0.2) is 0 Å². The van der Waals surface area contributed by atoms with Crippen LogP contribution in [0, 0.1) is 0 Å². The van der Waals surface area contributed by atoms with Gasteiger partial charge in [0.2, 0.25) is 0 Å². The molecule has 0 bridgehead atoms. The minimum absolute atomic E-state index is 0.217. The zero-order valence-corrected chi connectivity index (χ0v) is 7.39. The van der Waals surface area contributed by atoms with Crippen molar-refractivity contribution in [1.82, 2.24) is 0 Å². The molecule has 0 aromatic heterocycles. The molecule has 0 N–H and O–H groups in total. The van der Waals surface area contributed by atoms with Gasteiger partial charge >= 0.3 is 0 Å². The maximum absolute atomic E-state index is 9.93. The van der Waals surface area contributed by atoms with Crippen LogP contribution in [0.15, 0.2) is 12.3 Å². The standard InChI is InChI=1S/C7H11BrO2/c1-7(6-9)10-5-3-2-4-8/h6H,1-5H2. The Balaban J connectivity index is 3.03. The van der Waals surface area contributed by atoms with Gasteiger partial charge < -0.3 is 4.74 Å². The Bertz CT molecular complexity index is 112. The Kier molecular flexibility index (Phi) is 6.59. The molecule has 58 valence electrons. The van der Waals surface area contributed by atoms with E-state index in [4.69, 9.17) is 4.74 Å². The molecule has 3 heteroatoms. The van der Waals surface area contributed by atoms with Gasteiger partial charge in [0.25, 0.3) is 0 Å². The van der Waals surface area contributed by atoms with E-state index in [1.807, 2.05) is 0 Å². The molecule has 0 amide bonds. The van der Waals surface area contributed by atoms with Crippen LogP contribution in [0.25, 0.3) is 0 Å². The van der Waals surface area contributed by atoms with Gasteiger partial charge in [-0.15, -0.1) is 0 Å². The highest BCUT2D eigenvalue weighted by Gasteiger charge is 1.90. The minimum atomic E-state index is 0.217. The van der Waals surface area contributed by atoms with E-state index < -0.39 is 0 Å². The SMILES string of the molecule is C=C(C=O)OCCCCBr. The third-order valence-electron chi connectivity index (χ3n) is 0.947. The van der Waals surface area contributed by atoms with Crippen molar-refractivity contribution in [2.75, 3.05) is 11.9 Å². The summed E-state index contributed by atoms with van der Waals surface area (Å²) >= 11 is 3.29. The van der Waals surface area contributed by atoms with Crippen LogP contribution in [0.5, 0.6) is 0 Å². The van der Waals surface area contributed by atoms with E-state index in [9.17, 15) is 4.79 Å². The number of alkyl halides is 1. The number of hydrogen-bond acceptors (Lipinski definition) is 2. The lowest BCUT2D eigenvalue weighted by Crippen LogP contribution is -1.94. The highest BCUT2D eigenvalue weighted by molar-refractivity contribution is 9.09. The van der Waals surface area contributed by atoms with Crippen LogP contribution in [0.1, 0.15) is 12.8 Å². The Labute approximate surface area is 69.4 Å². The van der Waals surface area contributed by atoms with Gasteiger partial charge in [-0.05, 0) is 12.8 Å². The molecule has 0 aromatic rings. The smallest absolute Gasteiger partial charge is 0.184 e. The van der Waals surface area contributed by atoms with Crippen molar-refractivity contribution in [3.8, 4) is 0 Å². The van der Waals surface area contributed by atoms with Gasteiger partial charge in [0.15, 0.2) is 12.0 Å². The van der Waals surface area contributed by atoms with Crippen LogP contribution in [-0.2, 0) is 9.53 Å². The maximum atomic E-state index is 9.93. The van der Waals surface area contributed by atoms with E-state index in [-0.39, 0.29) is 5.76 Å². The average Bonchev–Trinajstić information content (AvgIpc) is 1.98. The molecule has 0 saturated carbocycles. The molecular formula is C7H11BrO2. The summed E-state index contributed by atoms with van der Waals surface area (Å²) in [6.07, 6.45) is 2.64. The molecule has 0 aromatic carbocycles. The largest absolute Gasteiger partial charge is 0.491 e. The van der Waals surface area contributed by atoms with Crippen LogP contribution in [0.3, 0.4) is 0 Å². The maximum Gasteiger partial charge on any atom is 0.184 e. The molecule has 0 aliphatic heterocycles. The predicted molar refractivity (Wildman–Crippen MR) is 44.2 cm³/mol. The summed E-state index contributed by atoms with van der Waals surface area (Å²) in [5.41, 5.74) is 0. The van der Waals surface area contributed by atoms with Crippen LogP contribution < -0.4 is 0 Å². The fourth-order valence-corrected chi connectivity index (χ4v) is 0.830. The number of aldehydes is 1. The van der Waals surface area contributed by atoms with Gasteiger partial charge in [-0.2, -0.15) is 0 Å². The van der Waals surface area contributed by atoms with Crippen LogP contribution in [0.2, 0.25) is 0 Å². The first-order valence-electron chi connectivity index (χ1n) is 3.14. The number of unbranched alkanes of at least 4 members (excludes halogenated alkanes) is 1. The van der Waals surface area contributed by atoms with Crippen LogP contribution in [0.4, 0.5) is 0 Å². The van der Waals surface area contributed by atoms with E-state index in [0.29, 0.717) is 12.9 Å². The van der Waals surface area contributed by atoms with Crippen molar-refractivity contribution >= 4 is 22.2 Å². The number of allylic oxidation sites excluding steroid dienone is 1. The first-order valence-corrected chi connectivity index (χ1v) is 4.26. The monoisotopic (exact) mass is 206 g/mol. The highest BCUT2D eigenvalue weighted by atomic mass is 79.9. The Hall–Kier alpha value is -0.310. The lowest BCUT2D eigenvalue weighted by atomic mass is 10.4. The van der Waals surface area contributed by atoms with Gasteiger partial charge in [-0.1, -0.05) is 22.5 Å². The van der Waals surface area contributed by atoms with Crippen molar-refractivity contribution in [2.45, 2.75) is 12.8 Å². The minimum Gasteiger partial charge on any atom is -0.491 e. The number of ether oxygens (including phenoxy) is 1. The Morgan fingerprint density at radius 2 is 2.30 bits per heavy atom. The molecule has 2 nitrogen and oxygen atoms in total. The first kappa shape index (κ1) is 9.69. The van der Waals surface area contributed by atoms with E-state index in [0.717, 1.165) is 18.2 Å². The Morgan fingerprint density at radius 3 is 2.80 bits per heavy atom. The molecule has 10 heavy (non-hydrogen) atoms. The van der Waals surface area contributed by atoms with Crippen molar-refractivity contribution in [3.05, 3.63) is 12.3 Å². The van der Waals surface area contributed by atoms with Crippen molar-refractivity contribution < 1.29 is 9.53 Å². The molecular weight excluding hydrogens is 196 g/mol. The number of rotatable bonds is 6. The van der Waals surface area contributed by atoms with Gasteiger partial charge in [0.05, 0.1) is 6.61 Å². The average molecular weight is 207 g/mol. The third kappa shape index (κ3) is 5.82. The molecule has 0 rings (SSSR count). The normalized spacial score (nSPS) is 8.90. The number of halogens is 1. The van der Waals surface area contributed by atoms with Crippen molar-refractivity contribution in [1.29, 1.82) is 0 Å². The summed E-state index contributed by atoms with van der Waals surface area (Å²) in [6.45, 7) is 3.96. The Morgan fingerprint density at radius 1 is 1.60 bits per heavy atom. The lowest BCUT2D eigenvalue weighted by molar-refractivity contribution is -0.107. The van der Waals surface area contributed by atoms with E-state index in [1.54, 1.807) is 0 Å². The van der Waals surface area contributed by atoms with E-state index >= 15 is 0 Å². The summed E-state index contributed by atoms with van der Waals surface area (Å²) in [7, 11) is 0. The number of hydrogen-bond donors (Lipinski definition) is 0. The second kappa shape index (κ2) is 6.81. The van der Waals surface area contributed by atoms with Crippen molar-refractivity contribution in [2.24, 2.45) is 0 Å². The summed E-state index contributed by atoms with van der Waals surface area (Å²) in [4.78, 5) is 9.93. The molecule has 0 fully saturated rings. The molecule has 0 heterocycles. The second-order valence-corrected chi connectivity index (χ2v) is 2.62. The quantitative estimate of drug-likeness (QED) is 0.218. The summed E-state index contributed by atoms with van der Waals surface area (Å²) in [6, 6.07) is 0. The summed E-state index contributed by atoms with van der Waals surface area (Å²) < 4.78 is 4.91. The van der Waals surface area contributed by atoms with Crippen molar-refractivity contribution in [3.63, 3.8) is 0 Å². The number of carbonyl (C=O) groups is 1. The molecule has 0 unspecified atom stereocenters. The van der Waals surface area contributed by atoms with E-state index in [2.05, 4.69) is 22.5 Å². The lowest BCUT2D eigenvalue weighted by Gasteiger charge is -2.00. The highest BCUT2D eigenvalue weighted by Crippen LogP contribution is 1.96. The summed E-state index contributed by atoms with van der Waals surface area (Å²) in [5, 5.41) is 0.976. The zero-order valence-electron chi connectivity index (χ0n) is 5.81. The van der Waals surface area contributed by atoms with Gasteiger partial charge in [0.1, 0.15) is 0 Å². The fraction of sp³-hybridized carbons (Fsp3) is 0.571. The molecule has 0 saturated heterocycles. The number of carbonyl (C=O) groups excluding carboxylic acids is 1. The fourth-order valence-electron chi connectivity index (χ4n) is 0.434. The van der Waals surface area contributed by atoms with Crippen LogP contribution >= 0.6 is 15.9 Å². The van der Waals surface area contributed by atoms with E-state index in [1.165, 1.54) is 0 Å². The predicted octanol–water partition coefficient (Wildman–Crippen LogP) is 1.89.